The number of hydrogen-bond donors (Lipinski definition) is 0. The van der Waals surface area contributed by atoms with E-state index in [0.717, 1.165) is 35.3 Å². The summed E-state index contributed by atoms with van der Waals surface area (Å²) in [5.74, 6) is 0.801. The first-order valence-corrected chi connectivity index (χ1v) is 13.4. The van der Waals surface area contributed by atoms with Crippen molar-refractivity contribution in [2.75, 3.05) is 12.3 Å². The normalized spacial score (nSPS) is 18.4. The standard InChI is InChI=1S/C27H23NO2S2/c29-32(30,23-14-11-20(12-15-23)19-5-2-1-3-6-19)28-17-18-31-27(28)25-16-13-22-10-9-21-7-4-8-24(25)26(21)22/h1-8,11-16,27H,9-10,17-18H2/t27-/m0/s1. The SMILES string of the molecule is O=S(=O)(c1ccc(-c2ccccc2)cc1)N1CCS[C@H]1c1ccc2c3c(cccc13)CC2. The molecular formula is C27H23NO2S2. The van der Waals surface area contributed by atoms with Gasteiger partial charge in [-0.1, -0.05) is 72.8 Å². The van der Waals surface area contributed by atoms with Crippen molar-refractivity contribution in [3.8, 4) is 11.1 Å². The Labute approximate surface area is 193 Å². The number of sulfonamides is 1. The molecule has 1 aliphatic carbocycles. The Kier molecular flexibility index (Phi) is 4.86. The zero-order valence-electron chi connectivity index (χ0n) is 17.6. The van der Waals surface area contributed by atoms with Gasteiger partial charge in [-0.2, -0.15) is 4.31 Å². The fourth-order valence-electron chi connectivity index (χ4n) is 5.02. The van der Waals surface area contributed by atoms with Gasteiger partial charge in [0.1, 0.15) is 0 Å². The summed E-state index contributed by atoms with van der Waals surface area (Å²) >= 11 is 1.72. The van der Waals surface area contributed by atoms with Gasteiger partial charge in [0.2, 0.25) is 10.0 Å². The Hall–Kier alpha value is -2.60. The molecule has 0 aromatic heterocycles. The van der Waals surface area contributed by atoms with E-state index < -0.39 is 10.0 Å². The van der Waals surface area contributed by atoms with E-state index in [9.17, 15) is 8.42 Å². The van der Waals surface area contributed by atoms with Crippen molar-refractivity contribution in [2.45, 2.75) is 23.1 Å². The van der Waals surface area contributed by atoms with Crippen LogP contribution in [-0.2, 0) is 22.9 Å². The molecule has 32 heavy (non-hydrogen) atoms. The lowest BCUT2D eigenvalue weighted by molar-refractivity contribution is 0.435. The third kappa shape index (κ3) is 3.19. The van der Waals surface area contributed by atoms with Crippen LogP contribution in [0.1, 0.15) is 22.1 Å². The van der Waals surface area contributed by atoms with Crippen molar-refractivity contribution in [2.24, 2.45) is 0 Å². The maximum atomic E-state index is 13.7. The van der Waals surface area contributed by atoms with E-state index in [1.54, 1.807) is 28.2 Å². The van der Waals surface area contributed by atoms with Gasteiger partial charge in [-0.25, -0.2) is 8.42 Å². The first-order chi connectivity index (χ1) is 15.6. The molecule has 4 aromatic rings. The van der Waals surface area contributed by atoms with Gasteiger partial charge in [0.05, 0.1) is 10.3 Å². The molecule has 0 radical (unpaired) electrons. The Morgan fingerprint density at radius 1 is 0.750 bits per heavy atom. The van der Waals surface area contributed by atoms with Crippen LogP contribution in [0.2, 0.25) is 0 Å². The second kappa shape index (κ2) is 7.77. The fourth-order valence-corrected chi connectivity index (χ4v) is 8.28. The molecule has 2 aliphatic rings. The lowest BCUT2D eigenvalue weighted by atomic mass is 10.00. The highest BCUT2D eigenvalue weighted by Crippen LogP contribution is 2.45. The Morgan fingerprint density at radius 2 is 1.47 bits per heavy atom. The maximum Gasteiger partial charge on any atom is 0.244 e. The number of rotatable bonds is 4. The summed E-state index contributed by atoms with van der Waals surface area (Å²) in [6.45, 7) is 0.529. The van der Waals surface area contributed by atoms with Gasteiger partial charge in [0.15, 0.2) is 0 Å². The van der Waals surface area contributed by atoms with Crippen molar-refractivity contribution in [3.63, 3.8) is 0 Å². The molecule has 1 fully saturated rings. The summed E-state index contributed by atoms with van der Waals surface area (Å²) in [7, 11) is -3.60. The van der Waals surface area contributed by atoms with E-state index >= 15 is 0 Å². The van der Waals surface area contributed by atoms with Crippen LogP contribution in [0.15, 0.2) is 89.8 Å². The molecule has 4 aromatic carbocycles. The Morgan fingerprint density at radius 3 is 2.25 bits per heavy atom. The number of nitrogens with zero attached hydrogens (tertiary/aromatic N) is 1. The molecule has 0 bridgehead atoms. The zero-order chi connectivity index (χ0) is 21.7. The minimum Gasteiger partial charge on any atom is -0.207 e. The summed E-state index contributed by atoms with van der Waals surface area (Å²) < 4.78 is 29.0. The average Bonchev–Trinajstić information content (AvgIpc) is 3.49. The third-order valence-corrected chi connectivity index (χ3v) is 9.85. The van der Waals surface area contributed by atoms with Crippen molar-refractivity contribution in [1.82, 2.24) is 4.31 Å². The molecular weight excluding hydrogens is 434 g/mol. The van der Waals surface area contributed by atoms with Crippen LogP contribution in [-0.4, -0.2) is 25.0 Å². The highest BCUT2D eigenvalue weighted by molar-refractivity contribution is 8.01. The second-order valence-electron chi connectivity index (χ2n) is 8.38. The number of hydrogen-bond acceptors (Lipinski definition) is 3. The lowest BCUT2D eigenvalue weighted by Gasteiger charge is -2.25. The van der Waals surface area contributed by atoms with E-state index in [4.69, 9.17) is 0 Å². The highest BCUT2D eigenvalue weighted by Gasteiger charge is 2.38. The molecule has 1 heterocycles. The average molecular weight is 458 g/mol. The summed E-state index contributed by atoms with van der Waals surface area (Å²) in [5.41, 5.74) is 5.98. The van der Waals surface area contributed by atoms with E-state index in [0.29, 0.717) is 11.4 Å². The first-order valence-electron chi connectivity index (χ1n) is 11.0. The van der Waals surface area contributed by atoms with Gasteiger partial charge in [-0.3, -0.25) is 0 Å². The van der Waals surface area contributed by atoms with E-state index in [1.807, 2.05) is 42.5 Å². The Balaban J connectivity index is 1.38. The minimum absolute atomic E-state index is 0.196. The van der Waals surface area contributed by atoms with Crippen LogP contribution in [0, 0.1) is 0 Å². The van der Waals surface area contributed by atoms with Gasteiger partial charge in [-0.05, 0) is 63.6 Å². The van der Waals surface area contributed by atoms with E-state index in [1.165, 1.54) is 21.9 Å². The molecule has 0 spiro atoms. The molecule has 1 aliphatic heterocycles. The molecule has 0 unspecified atom stereocenters. The zero-order valence-corrected chi connectivity index (χ0v) is 19.2. The molecule has 0 N–H and O–H groups in total. The second-order valence-corrected chi connectivity index (χ2v) is 11.5. The monoisotopic (exact) mass is 457 g/mol. The quantitative estimate of drug-likeness (QED) is 0.375. The van der Waals surface area contributed by atoms with Gasteiger partial charge >= 0.3 is 0 Å². The summed E-state index contributed by atoms with van der Waals surface area (Å²) in [5, 5.41) is 2.34. The first kappa shape index (κ1) is 20.0. The number of thioether (sulfide) groups is 1. The molecule has 1 atom stereocenters. The van der Waals surface area contributed by atoms with Crippen molar-refractivity contribution >= 4 is 32.6 Å². The topological polar surface area (TPSA) is 37.4 Å². The molecule has 0 amide bonds. The highest BCUT2D eigenvalue weighted by atomic mass is 32.2. The summed E-state index contributed by atoms with van der Waals surface area (Å²) in [6.07, 6.45) is 2.15. The lowest BCUT2D eigenvalue weighted by Crippen LogP contribution is -2.30. The molecule has 1 saturated heterocycles. The van der Waals surface area contributed by atoms with Gasteiger partial charge in [0, 0.05) is 12.3 Å². The van der Waals surface area contributed by atoms with Gasteiger partial charge < -0.3 is 0 Å². The van der Waals surface area contributed by atoms with E-state index in [2.05, 4.69) is 30.3 Å². The molecule has 5 heteroatoms. The Bertz CT molecular complexity index is 1400. The van der Waals surface area contributed by atoms with Crippen LogP contribution >= 0.6 is 11.8 Å². The molecule has 6 rings (SSSR count). The van der Waals surface area contributed by atoms with Crippen LogP contribution in [0.5, 0.6) is 0 Å². The van der Waals surface area contributed by atoms with Crippen LogP contribution < -0.4 is 0 Å². The summed E-state index contributed by atoms with van der Waals surface area (Å²) in [6, 6.07) is 28.1. The van der Waals surface area contributed by atoms with Gasteiger partial charge in [-0.15, -0.1) is 11.8 Å². The van der Waals surface area contributed by atoms with Crippen LogP contribution in [0.25, 0.3) is 21.9 Å². The maximum absolute atomic E-state index is 13.7. The minimum atomic E-state index is -3.60. The molecule has 160 valence electrons. The van der Waals surface area contributed by atoms with Crippen molar-refractivity contribution < 1.29 is 8.42 Å². The smallest absolute Gasteiger partial charge is 0.207 e. The van der Waals surface area contributed by atoms with Crippen LogP contribution in [0.4, 0.5) is 0 Å². The number of aryl methyl sites for hydroxylation is 2. The van der Waals surface area contributed by atoms with Crippen LogP contribution in [0.3, 0.4) is 0 Å². The predicted octanol–water partition coefficient (Wildman–Crippen LogP) is 6.04. The predicted molar refractivity (Wildman–Crippen MR) is 132 cm³/mol. The largest absolute Gasteiger partial charge is 0.244 e. The third-order valence-electron chi connectivity index (χ3n) is 6.59. The van der Waals surface area contributed by atoms with Crippen molar-refractivity contribution in [3.05, 3.63) is 102 Å². The molecule has 3 nitrogen and oxygen atoms in total. The van der Waals surface area contributed by atoms with Gasteiger partial charge in [0.25, 0.3) is 0 Å². The summed E-state index contributed by atoms with van der Waals surface area (Å²) in [4.78, 5) is 0.357. The fraction of sp³-hybridized carbons (Fsp3) is 0.185. The molecule has 0 saturated carbocycles. The van der Waals surface area contributed by atoms with Crippen molar-refractivity contribution in [1.29, 1.82) is 0 Å². The van der Waals surface area contributed by atoms with E-state index in [-0.39, 0.29) is 5.37 Å². The number of benzene rings is 4.